The summed E-state index contributed by atoms with van der Waals surface area (Å²) in [7, 11) is 0. The molecular formula is C18H14N2O6. The highest BCUT2D eigenvalue weighted by Gasteiger charge is 2.35. The first-order chi connectivity index (χ1) is 12.4. The lowest BCUT2D eigenvalue weighted by molar-refractivity contribution is -0.385. The fourth-order valence-electron chi connectivity index (χ4n) is 2.72. The number of aryl methyl sites for hydroxylation is 1. The van der Waals surface area contributed by atoms with Gasteiger partial charge in [0.05, 0.1) is 22.5 Å². The summed E-state index contributed by atoms with van der Waals surface area (Å²) in [5.74, 6) is -1.36. The molecule has 1 aliphatic rings. The predicted molar refractivity (Wildman–Crippen MR) is 89.9 cm³/mol. The number of nitrogens with zero attached hydrogens (tertiary/aromatic N) is 2. The van der Waals surface area contributed by atoms with E-state index in [0.29, 0.717) is 16.7 Å². The van der Waals surface area contributed by atoms with Gasteiger partial charge in [0.1, 0.15) is 5.75 Å². The molecule has 2 amide bonds. The van der Waals surface area contributed by atoms with Crippen LogP contribution in [0.1, 0.15) is 32.7 Å². The molecule has 0 atom stereocenters. The molecule has 8 nitrogen and oxygen atoms in total. The second-order valence-corrected chi connectivity index (χ2v) is 5.74. The largest absolute Gasteiger partial charge is 0.426 e. The van der Waals surface area contributed by atoms with Gasteiger partial charge in [-0.05, 0) is 31.2 Å². The number of hydrogen-bond acceptors (Lipinski definition) is 6. The molecule has 0 N–H and O–H groups in total. The van der Waals surface area contributed by atoms with Crippen molar-refractivity contribution < 1.29 is 24.0 Å². The number of carbonyl (C=O) groups is 3. The Morgan fingerprint density at radius 1 is 1.12 bits per heavy atom. The van der Waals surface area contributed by atoms with Gasteiger partial charge in [-0.15, -0.1) is 0 Å². The third kappa shape index (κ3) is 3.16. The van der Waals surface area contributed by atoms with Crippen molar-refractivity contribution in [3.05, 3.63) is 69.3 Å². The maximum atomic E-state index is 12.2. The van der Waals surface area contributed by atoms with Gasteiger partial charge in [0.2, 0.25) is 0 Å². The molecule has 0 bridgehead atoms. The van der Waals surface area contributed by atoms with Crippen LogP contribution in [0.5, 0.6) is 5.75 Å². The summed E-state index contributed by atoms with van der Waals surface area (Å²) in [6.45, 7) is 1.44. The van der Waals surface area contributed by atoms with Gasteiger partial charge in [0, 0.05) is 18.2 Å². The van der Waals surface area contributed by atoms with Crippen molar-refractivity contribution >= 4 is 23.5 Å². The lowest BCUT2D eigenvalue weighted by Gasteiger charge is -2.13. The topological polar surface area (TPSA) is 107 Å². The molecule has 0 aromatic heterocycles. The first-order valence-electron chi connectivity index (χ1n) is 7.79. The van der Waals surface area contributed by atoms with Gasteiger partial charge in [-0.3, -0.25) is 29.4 Å². The maximum absolute atomic E-state index is 12.2. The van der Waals surface area contributed by atoms with E-state index in [9.17, 15) is 24.5 Å². The molecule has 0 fully saturated rings. The minimum Gasteiger partial charge on any atom is -0.426 e. The van der Waals surface area contributed by atoms with Gasteiger partial charge in [-0.1, -0.05) is 12.1 Å². The van der Waals surface area contributed by atoms with Crippen LogP contribution in [0.2, 0.25) is 0 Å². The standard InChI is InChI=1S/C18H14N2O6/c1-11-10-12(6-7-15(11)20(24)25)26-16(21)8-9-19-17(22)13-4-2-3-5-14(13)18(19)23/h2-7,10H,8-9H2,1H3. The molecule has 0 unspecified atom stereocenters. The highest BCUT2D eigenvalue weighted by Crippen LogP contribution is 2.24. The molecule has 0 radical (unpaired) electrons. The van der Waals surface area contributed by atoms with Crippen molar-refractivity contribution in [1.29, 1.82) is 0 Å². The number of nitro benzene ring substituents is 1. The number of benzene rings is 2. The number of amides is 2. The number of fused-ring (bicyclic) bond motifs is 1. The van der Waals surface area contributed by atoms with E-state index < -0.39 is 22.7 Å². The van der Waals surface area contributed by atoms with Crippen molar-refractivity contribution in [2.45, 2.75) is 13.3 Å². The third-order valence-corrected chi connectivity index (χ3v) is 4.01. The second-order valence-electron chi connectivity index (χ2n) is 5.74. The van der Waals surface area contributed by atoms with Crippen LogP contribution < -0.4 is 4.74 Å². The molecule has 8 heteroatoms. The molecule has 0 aliphatic carbocycles. The SMILES string of the molecule is Cc1cc(OC(=O)CCN2C(=O)c3ccccc3C2=O)ccc1[N+](=O)[O-]. The van der Waals surface area contributed by atoms with E-state index in [-0.39, 0.29) is 24.4 Å². The average molecular weight is 354 g/mol. The van der Waals surface area contributed by atoms with E-state index in [1.165, 1.54) is 25.1 Å². The van der Waals surface area contributed by atoms with E-state index in [1.54, 1.807) is 24.3 Å². The Kier molecular flexibility index (Phi) is 4.49. The summed E-state index contributed by atoms with van der Waals surface area (Å²) in [6, 6.07) is 10.4. The zero-order valence-electron chi connectivity index (χ0n) is 13.8. The molecule has 3 rings (SSSR count). The Labute approximate surface area is 148 Å². The number of carbonyl (C=O) groups excluding carboxylic acids is 3. The van der Waals surface area contributed by atoms with E-state index in [0.717, 1.165) is 4.90 Å². The smallest absolute Gasteiger partial charge is 0.312 e. The fraction of sp³-hybridized carbons (Fsp3) is 0.167. The lowest BCUT2D eigenvalue weighted by atomic mass is 10.1. The van der Waals surface area contributed by atoms with Crippen LogP contribution in [0.3, 0.4) is 0 Å². The molecule has 132 valence electrons. The van der Waals surface area contributed by atoms with Crippen molar-refractivity contribution in [3.63, 3.8) is 0 Å². The highest BCUT2D eigenvalue weighted by atomic mass is 16.6. The van der Waals surface area contributed by atoms with Crippen molar-refractivity contribution in [2.24, 2.45) is 0 Å². The second kappa shape index (κ2) is 6.75. The van der Waals surface area contributed by atoms with Gasteiger partial charge in [-0.25, -0.2) is 0 Å². The summed E-state index contributed by atoms with van der Waals surface area (Å²) < 4.78 is 5.13. The fourth-order valence-corrected chi connectivity index (χ4v) is 2.72. The summed E-state index contributed by atoms with van der Waals surface area (Å²) >= 11 is 0. The average Bonchev–Trinajstić information content (AvgIpc) is 2.84. The Hall–Kier alpha value is -3.55. The first-order valence-corrected chi connectivity index (χ1v) is 7.79. The molecule has 1 aliphatic heterocycles. The van der Waals surface area contributed by atoms with E-state index >= 15 is 0 Å². The number of esters is 1. The molecule has 0 saturated heterocycles. The summed E-state index contributed by atoms with van der Waals surface area (Å²) in [6.07, 6.45) is -0.179. The van der Waals surface area contributed by atoms with E-state index in [1.807, 2.05) is 0 Å². The quantitative estimate of drug-likeness (QED) is 0.268. The molecule has 2 aromatic carbocycles. The Morgan fingerprint density at radius 2 is 1.73 bits per heavy atom. The van der Waals surface area contributed by atoms with Gasteiger partial charge in [-0.2, -0.15) is 0 Å². The Morgan fingerprint density at radius 3 is 2.27 bits per heavy atom. The van der Waals surface area contributed by atoms with Crippen LogP contribution in [0.15, 0.2) is 42.5 Å². The zero-order chi connectivity index (χ0) is 18.8. The number of nitro groups is 1. The predicted octanol–water partition coefficient (Wildman–Crippen LogP) is 2.49. The third-order valence-electron chi connectivity index (χ3n) is 4.01. The Bertz CT molecular complexity index is 902. The zero-order valence-corrected chi connectivity index (χ0v) is 13.8. The molecule has 1 heterocycles. The molecule has 0 saturated carbocycles. The van der Waals surface area contributed by atoms with Gasteiger partial charge in [0.15, 0.2) is 0 Å². The molecule has 26 heavy (non-hydrogen) atoms. The van der Waals surface area contributed by atoms with Crippen LogP contribution in [-0.2, 0) is 4.79 Å². The highest BCUT2D eigenvalue weighted by molar-refractivity contribution is 6.21. The summed E-state index contributed by atoms with van der Waals surface area (Å²) in [4.78, 5) is 47.7. The minimum atomic E-state index is -0.644. The van der Waals surface area contributed by atoms with Crippen LogP contribution in [0.4, 0.5) is 5.69 Å². The van der Waals surface area contributed by atoms with Crippen LogP contribution in [0.25, 0.3) is 0 Å². The molecule has 0 spiro atoms. The van der Waals surface area contributed by atoms with E-state index in [4.69, 9.17) is 4.74 Å². The van der Waals surface area contributed by atoms with Crippen molar-refractivity contribution in [1.82, 2.24) is 4.90 Å². The normalized spacial score (nSPS) is 12.9. The Balaban J connectivity index is 1.62. The summed E-state index contributed by atoms with van der Waals surface area (Å²) in [5, 5.41) is 10.8. The number of imide groups is 1. The lowest BCUT2D eigenvalue weighted by Crippen LogP contribution is -2.32. The maximum Gasteiger partial charge on any atom is 0.312 e. The van der Waals surface area contributed by atoms with Gasteiger partial charge >= 0.3 is 5.97 Å². The van der Waals surface area contributed by atoms with Crippen molar-refractivity contribution in [2.75, 3.05) is 6.54 Å². The number of rotatable bonds is 5. The van der Waals surface area contributed by atoms with Crippen LogP contribution >= 0.6 is 0 Å². The van der Waals surface area contributed by atoms with Crippen LogP contribution in [0, 0.1) is 17.0 Å². The van der Waals surface area contributed by atoms with E-state index in [2.05, 4.69) is 0 Å². The minimum absolute atomic E-state index is 0.0733. The van der Waals surface area contributed by atoms with Gasteiger partial charge < -0.3 is 4.74 Å². The first kappa shape index (κ1) is 17.3. The molecule has 2 aromatic rings. The van der Waals surface area contributed by atoms with Gasteiger partial charge in [0.25, 0.3) is 17.5 Å². The number of hydrogen-bond donors (Lipinski definition) is 0. The van der Waals surface area contributed by atoms with Crippen LogP contribution in [-0.4, -0.2) is 34.2 Å². The monoisotopic (exact) mass is 354 g/mol. The van der Waals surface area contributed by atoms with Crippen molar-refractivity contribution in [3.8, 4) is 5.75 Å². The summed E-state index contributed by atoms with van der Waals surface area (Å²) in [5.41, 5.74) is 0.921. The number of ether oxygens (including phenoxy) is 1. The molecular weight excluding hydrogens is 340 g/mol.